The van der Waals surface area contributed by atoms with Crippen molar-refractivity contribution in [1.82, 2.24) is 34.3 Å². The van der Waals surface area contributed by atoms with Gasteiger partial charge in [-0.3, -0.25) is 14.4 Å². The number of amides is 1. The van der Waals surface area contributed by atoms with Gasteiger partial charge in [-0.1, -0.05) is 30.3 Å². The summed E-state index contributed by atoms with van der Waals surface area (Å²) in [5, 5.41) is 12.9. The van der Waals surface area contributed by atoms with E-state index in [-0.39, 0.29) is 11.3 Å². The number of hydrogen-bond acceptors (Lipinski definition) is 5. The maximum atomic E-state index is 13.0. The van der Waals surface area contributed by atoms with Gasteiger partial charge in [-0.05, 0) is 30.7 Å². The first-order valence-corrected chi connectivity index (χ1v) is 11.5. The summed E-state index contributed by atoms with van der Waals surface area (Å²) in [6.45, 7) is 7.27. The number of hydrogen-bond donors (Lipinski definition) is 0. The number of benzene rings is 1. The minimum Gasteiger partial charge on any atom is -0.339 e. The van der Waals surface area contributed by atoms with Crippen molar-refractivity contribution >= 4 is 5.91 Å². The monoisotopic (exact) mass is 433 g/mol. The SMILES string of the molecule is CCn1cc(C(=O)N2CCC3(CC2)CN(Cc2ccccc2)CC3c2nncn2C)cn1. The maximum Gasteiger partial charge on any atom is 0.257 e. The predicted octanol–water partition coefficient (Wildman–Crippen LogP) is 2.55. The lowest BCUT2D eigenvalue weighted by Gasteiger charge is -2.42. The Morgan fingerprint density at radius 3 is 2.62 bits per heavy atom. The molecule has 0 bridgehead atoms. The van der Waals surface area contributed by atoms with E-state index in [0.717, 1.165) is 57.9 Å². The van der Waals surface area contributed by atoms with Crippen LogP contribution in [0.3, 0.4) is 0 Å². The van der Waals surface area contributed by atoms with Crippen LogP contribution in [0.2, 0.25) is 0 Å². The van der Waals surface area contributed by atoms with Crippen molar-refractivity contribution in [3.05, 3.63) is 66.0 Å². The second-order valence-electron chi connectivity index (χ2n) is 9.25. The lowest BCUT2D eigenvalue weighted by Crippen LogP contribution is -2.46. The Morgan fingerprint density at radius 2 is 1.97 bits per heavy atom. The molecule has 32 heavy (non-hydrogen) atoms. The van der Waals surface area contributed by atoms with Gasteiger partial charge in [0.1, 0.15) is 12.2 Å². The molecular formula is C24H31N7O. The molecule has 1 aromatic carbocycles. The molecule has 8 heteroatoms. The fourth-order valence-electron chi connectivity index (χ4n) is 5.49. The van der Waals surface area contributed by atoms with E-state index < -0.39 is 0 Å². The third-order valence-corrected chi connectivity index (χ3v) is 7.28. The maximum absolute atomic E-state index is 13.0. The van der Waals surface area contributed by atoms with E-state index in [1.54, 1.807) is 17.2 Å². The molecule has 8 nitrogen and oxygen atoms in total. The largest absolute Gasteiger partial charge is 0.339 e. The molecule has 0 saturated carbocycles. The smallest absolute Gasteiger partial charge is 0.257 e. The highest BCUT2D eigenvalue weighted by Gasteiger charge is 2.50. The number of aryl methyl sites for hydroxylation is 2. The first kappa shape index (κ1) is 20.9. The topological polar surface area (TPSA) is 72.1 Å². The van der Waals surface area contributed by atoms with E-state index in [4.69, 9.17) is 0 Å². The summed E-state index contributed by atoms with van der Waals surface area (Å²) in [5.74, 6) is 1.47. The molecule has 1 unspecified atom stereocenters. The first-order chi connectivity index (χ1) is 15.6. The van der Waals surface area contributed by atoms with Crippen molar-refractivity contribution < 1.29 is 4.79 Å². The number of rotatable bonds is 5. The van der Waals surface area contributed by atoms with Crippen LogP contribution in [0.1, 0.15) is 47.4 Å². The van der Waals surface area contributed by atoms with E-state index in [2.05, 4.69) is 55.1 Å². The zero-order valence-corrected chi connectivity index (χ0v) is 18.9. The fraction of sp³-hybridized carbons (Fsp3) is 0.500. The van der Waals surface area contributed by atoms with E-state index in [1.165, 1.54) is 5.56 Å². The number of likely N-dealkylation sites (tertiary alicyclic amines) is 2. The summed E-state index contributed by atoms with van der Waals surface area (Å²) in [6.07, 6.45) is 7.29. The standard InChI is InChI=1S/C24H31N7O/c1-3-31-15-20(13-26-31)23(32)30-11-9-24(10-12-30)17-29(14-19-7-5-4-6-8-19)16-21(24)22-27-25-18-28(22)2/h4-8,13,15,18,21H,3,9-12,14,16-17H2,1-2H3. The molecule has 2 aromatic heterocycles. The van der Waals surface area contributed by atoms with Gasteiger partial charge >= 0.3 is 0 Å². The molecule has 2 saturated heterocycles. The van der Waals surface area contributed by atoms with E-state index >= 15 is 0 Å². The van der Waals surface area contributed by atoms with Gasteiger partial charge in [0.05, 0.1) is 11.8 Å². The molecule has 2 aliphatic rings. The molecule has 2 aliphatic heterocycles. The number of piperidine rings is 1. The van der Waals surface area contributed by atoms with E-state index in [0.29, 0.717) is 11.5 Å². The van der Waals surface area contributed by atoms with Crippen LogP contribution in [0.4, 0.5) is 0 Å². The van der Waals surface area contributed by atoms with E-state index in [1.807, 2.05) is 25.1 Å². The molecule has 3 aromatic rings. The van der Waals surface area contributed by atoms with Crippen LogP contribution < -0.4 is 0 Å². The van der Waals surface area contributed by atoms with Crippen molar-refractivity contribution in [2.75, 3.05) is 26.2 Å². The van der Waals surface area contributed by atoms with Crippen molar-refractivity contribution in [2.45, 2.75) is 38.8 Å². The summed E-state index contributed by atoms with van der Waals surface area (Å²) >= 11 is 0. The molecule has 0 N–H and O–H groups in total. The Morgan fingerprint density at radius 1 is 1.19 bits per heavy atom. The van der Waals surface area contributed by atoms with Gasteiger partial charge < -0.3 is 9.47 Å². The average molecular weight is 434 g/mol. The van der Waals surface area contributed by atoms with Gasteiger partial charge in [-0.15, -0.1) is 10.2 Å². The summed E-state index contributed by atoms with van der Waals surface area (Å²) in [4.78, 5) is 17.6. The minimum atomic E-state index is 0.0916. The molecule has 1 spiro atoms. The van der Waals surface area contributed by atoms with Crippen LogP contribution >= 0.6 is 0 Å². The van der Waals surface area contributed by atoms with Gasteiger partial charge in [0.15, 0.2) is 0 Å². The highest BCUT2D eigenvalue weighted by atomic mass is 16.2. The Labute approximate surface area is 188 Å². The Kier molecular flexibility index (Phi) is 5.55. The molecule has 0 aliphatic carbocycles. The quantitative estimate of drug-likeness (QED) is 0.618. The Bertz CT molecular complexity index is 1060. The van der Waals surface area contributed by atoms with Crippen LogP contribution in [-0.4, -0.2) is 66.4 Å². The Hall–Kier alpha value is -3.00. The molecule has 4 heterocycles. The van der Waals surface area contributed by atoms with Gasteiger partial charge in [0.2, 0.25) is 0 Å². The molecule has 5 rings (SSSR count). The number of carbonyl (C=O) groups is 1. The summed E-state index contributed by atoms with van der Waals surface area (Å²) in [7, 11) is 2.03. The summed E-state index contributed by atoms with van der Waals surface area (Å²) in [5.41, 5.74) is 2.13. The van der Waals surface area contributed by atoms with Gasteiger partial charge in [0, 0.05) is 58.4 Å². The molecule has 1 amide bonds. The minimum absolute atomic E-state index is 0.0916. The van der Waals surface area contributed by atoms with Crippen LogP contribution in [-0.2, 0) is 20.1 Å². The van der Waals surface area contributed by atoms with Crippen LogP contribution in [0.15, 0.2) is 49.1 Å². The zero-order chi connectivity index (χ0) is 22.1. The lowest BCUT2D eigenvalue weighted by atomic mass is 9.70. The third kappa shape index (κ3) is 3.83. The highest BCUT2D eigenvalue weighted by Crippen LogP contribution is 2.49. The summed E-state index contributed by atoms with van der Waals surface area (Å²) in [6, 6.07) is 10.7. The fourth-order valence-corrected chi connectivity index (χ4v) is 5.49. The number of aromatic nitrogens is 5. The van der Waals surface area contributed by atoms with Crippen molar-refractivity contribution in [1.29, 1.82) is 0 Å². The average Bonchev–Trinajstić information content (AvgIpc) is 3.54. The van der Waals surface area contributed by atoms with E-state index in [9.17, 15) is 4.79 Å². The molecular weight excluding hydrogens is 402 g/mol. The number of nitrogens with zero attached hydrogens (tertiary/aromatic N) is 7. The van der Waals surface area contributed by atoms with Crippen molar-refractivity contribution in [3.63, 3.8) is 0 Å². The molecule has 168 valence electrons. The van der Waals surface area contributed by atoms with Crippen molar-refractivity contribution in [2.24, 2.45) is 12.5 Å². The molecule has 1 atom stereocenters. The zero-order valence-electron chi connectivity index (χ0n) is 18.9. The normalized spacial score (nSPS) is 20.8. The van der Waals surface area contributed by atoms with Crippen molar-refractivity contribution in [3.8, 4) is 0 Å². The highest BCUT2D eigenvalue weighted by molar-refractivity contribution is 5.93. The second kappa shape index (κ2) is 8.50. The van der Waals surface area contributed by atoms with Crippen LogP contribution in [0.25, 0.3) is 0 Å². The Balaban J connectivity index is 1.34. The van der Waals surface area contributed by atoms with Gasteiger partial charge in [-0.2, -0.15) is 5.10 Å². The first-order valence-electron chi connectivity index (χ1n) is 11.5. The molecule has 2 fully saturated rings. The lowest BCUT2D eigenvalue weighted by molar-refractivity contribution is 0.0555. The third-order valence-electron chi connectivity index (χ3n) is 7.28. The predicted molar refractivity (Wildman–Crippen MR) is 121 cm³/mol. The van der Waals surface area contributed by atoms with Gasteiger partial charge in [0.25, 0.3) is 5.91 Å². The van der Waals surface area contributed by atoms with Crippen LogP contribution in [0.5, 0.6) is 0 Å². The summed E-state index contributed by atoms with van der Waals surface area (Å²) < 4.78 is 3.87. The molecule has 0 radical (unpaired) electrons. The number of carbonyl (C=O) groups excluding carboxylic acids is 1. The van der Waals surface area contributed by atoms with Gasteiger partial charge in [-0.25, -0.2) is 0 Å². The second-order valence-corrected chi connectivity index (χ2v) is 9.25. The van der Waals surface area contributed by atoms with Crippen LogP contribution in [0, 0.1) is 5.41 Å².